The van der Waals surface area contributed by atoms with Crippen molar-refractivity contribution in [3.05, 3.63) is 18.0 Å². The average Bonchev–Trinajstić information content (AvgIpc) is 2.91. The molecule has 0 bridgehead atoms. The average molecular weight is 252 g/mol. The summed E-state index contributed by atoms with van der Waals surface area (Å²) in [5.41, 5.74) is 1.22. The maximum absolute atomic E-state index is 5.27. The number of aromatic nitrogens is 2. The van der Waals surface area contributed by atoms with Crippen molar-refractivity contribution in [2.75, 3.05) is 6.54 Å². The highest BCUT2D eigenvalue weighted by molar-refractivity contribution is 7.80. The first-order chi connectivity index (χ1) is 8.25. The molecule has 0 aromatic carbocycles. The van der Waals surface area contributed by atoms with Gasteiger partial charge < -0.3 is 10.6 Å². The number of aryl methyl sites for hydroxylation is 1. The summed E-state index contributed by atoms with van der Waals surface area (Å²) < 4.78 is 1.90. The van der Waals surface area contributed by atoms with Gasteiger partial charge >= 0.3 is 0 Å². The SMILES string of the molecule is Cn1nccc1CCNC(=S)NC1CCCC1. The van der Waals surface area contributed by atoms with E-state index in [9.17, 15) is 0 Å². The highest BCUT2D eigenvalue weighted by atomic mass is 32.1. The molecular formula is C12H20N4S. The fraction of sp³-hybridized carbons (Fsp3) is 0.667. The summed E-state index contributed by atoms with van der Waals surface area (Å²) in [4.78, 5) is 0. The van der Waals surface area contributed by atoms with Gasteiger partial charge in [0.15, 0.2) is 5.11 Å². The Hall–Kier alpha value is -1.10. The molecule has 0 amide bonds. The Bertz CT molecular complexity index is 368. The second kappa shape index (κ2) is 6.00. The second-order valence-electron chi connectivity index (χ2n) is 4.58. The third-order valence-electron chi connectivity index (χ3n) is 3.28. The summed E-state index contributed by atoms with van der Waals surface area (Å²) in [6.07, 6.45) is 7.94. The van der Waals surface area contributed by atoms with E-state index in [0.717, 1.165) is 18.1 Å². The van der Waals surface area contributed by atoms with Crippen LogP contribution in [0.3, 0.4) is 0 Å². The van der Waals surface area contributed by atoms with Crippen LogP contribution >= 0.6 is 12.2 Å². The molecule has 0 atom stereocenters. The molecule has 1 saturated carbocycles. The van der Waals surface area contributed by atoms with Gasteiger partial charge in [-0.1, -0.05) is 12.8 Å². The first kappa shape index (κ1) is 12.4. The Labute approximate surface area is 108 Å². The lowest BCUT2D eigenvalue weighted by Crippen LogP contribution is -2.41. The van der Waals surface area contributed by atoms with Crippen molar-refractivity contribution in [2.24, 2.45) is 7.05 Å². The van der Waals surface area contributed by atoms with Gasteiger partial charge in [-0.25, -0.2) is 0 Å². The van der Waals surface area contributed by atoms with Crippen molar-refractivity contribution in [3.63, 3.8) is 0 Å². The highest BCUT2D eigenvalue weighted by Crippen LogP contribution is 2.17. The normalized spacial score (nSPS) is 16.1. The van der Waals surface area contributed by atoms with Crippen LogP contribution in [0.15, 0.2) is 12.3 Å². The molecule has 0 unspecified atom stereocenters. The van der Waals surface area contributed by atoms with Crippen molar-refractivity contribution < 1.29 is 0 Å². The number of hydrogen-bond acceptors (Lipinski definition) is 2. The minimum Gasteiger partial charge on any atom is -0.362 e. The molecule has 17 heavy (non-hydrogen) atoms. The summed E-state index contributed by atoms with van der Waals surface area (Å²) >= 11 is 5.27. The third kappa shape index (κ3) is 3.70. The molecule has 4 nitrogen and oxygen atoms in total. The van der Waals surface area contributed by atoms with E-state index in [1.807, 2.05) is 24.0 Å². The first-order valence-corrected chi connectivity index (χ1v) is 6.68. The lowest BCUT2D eigenvalue weighted by molar-refractivity contribution is 0.618. The fourth-order valence-electron chi connectivity index (χ4n) is 2.26. The monoisotopic (exact) mass is 252 g/mol. The highest BCUT2D eigenvalue weighted by Gasteiger charge is 2.15. The van der Waals surface area contributed by atoms with Gasteiger partial charge in [0.25, 0.3) is 0 Å². The largest absolute Gasteiger partial charge is 0.362 e. The predicted octanol–water partition coefficient (Wildman–Crippen LogP) is 1.37. The lowest BCUT2D eigenvalue weighted by atomic mass is 10.2. The Morgan fingerprint density at radius 1 is 1.53 bits per heavy atom. The van der Waals surface area contributed by atoms with Crippen molar-refractivity contribution in [1.29, 1.82) is 0 Å². The Morgan fingerprint density at radius 3 is 2.94 bits per heavy atom. The smallest absolute Gasteiger partial charge is 0.166 e. The number of nitrogens with zero attached hydrogens (tertiary/aromatic N) is 2. The van der Waals surface area contributed by atoms with Crippen molar-refractivity contribution in [1.82, 2.24) is 20.4 Å². The van der Waals surface area contributed by atoms with Crippen LogP contribution in [0.1, 0.15) is 31.4 Å². The van der Waals surface area contributed by atoms with Gasteiger partial charge in [0, 0.05) is 37.9 Å². The lowest BCUT2D eigenvalue weighted by Gasteiger charge is -2.15. The zero-order valence-corrected chi connectivity index (χ0v) is 11.1. The summed E-state index contributed by atoms with van der Waals surface area (Å²) in [6, 6.07) is 2.63. The van der Waals surface area contributed by atoms with Gasteiger partial charge in [-0.15, -0.1) is 0 Å². The molecule has 5 heteroatoms. The molecule has 0 saturated heterocycles. The molecule has 1 fully saturated rings. The van der Waals surface area contributed by atoms with Crippen LogP contribution < -0.4 is 10.6 Å². The molecule has 94 valence electrons. The summed E-state index contributed by atoms with van der Waals surface area (Å²) in [7, 11) is 1.96. The zero-order chi connectivity index (χ0) is 12.1. The summed E-state index contributed by atoms with van der Waals surface area (Å²) in [6.45, 7) is 0.859. The maximum atomic E-state index is 5.27. The molecule has 1 aliphatic rings. The maximum Gasteiger partial charge on any atom is 0.166 e. The molecule has 1 heterocycles. The van der Waals surface area contributed by atoms with Gasteiger partial charge in [0.1, 0.15) is 0 Å². The van der Waals surface area contributed by atoms with E-state index >= 15 is 0 Å². The minimum atomic E-state index is 0.590. The topological polar surface area (TPSA) is 41.9 Å². The molecule has 0 spiro atoms. The van der Waals surface area contributed by atoms with Gasteiger partial charge in [0.05, 0.1) is 0 Å². The zero-order valence-electron chi connectivity index (χ0n) is 10.3. The fourth-order valence-corrected chi connectivity index (χ4v) is 2.53. The number of hydrogen-bond donors (Lipinski definition) is 2. The molecule has 1 aromatic rings. The van der Waals surface area contributed by atoms with Crippen LogP contribution in [0.5, 0.6) is 0 Å². The molecular weight excluding hydrogens is 232 g/mol. The van der Waals surface area contributed by atoms with Crippen LogP contribution in [0.4, 0.5) is 0 Å². The molecule has 2 rings (SSSR count). The van der Waals surface area contributed by atoms with Gasteiger partial charge in [0.2, 0.25) is 0 Å². The van der Waals surface area contributed by atoms with Gasteiger partial charge in [-0.3, -0.25) is 4.68 Å². The molecule has 2 N–H and O–H groups in total. The van der Waals surface area contributed by atoms with Crippen molar-refractivity contribution in [2.45, 2.75) is 38.1 Å². The van der Waals surface area contributed by atoms with Crippen LogP contribution in [0.2, 0.25) is 0 Å². The summed E-state index contributed by atoms with van der Waals surface area (Å²) in [5.74, 6) is 0. The van der Waals surface area contributed by atoms with Crippen LogP contribution in [0, 0.1) is 0 Å². The minimum absolute atomic E-state index is 0.590. The van der Waals surface area contributed by atoms with Crippen molar-refractivity contribution in [3.8, 4) is 0 Å². The molecule has 1 aromatic heterocycles. The van der Waals surface area contributed by atoms with E-state index in [0.29, 0.717) is 6.04 Å². The predicted molar refractivity (Wildman–Crippen MR) is 72.9 cm³/mol. The second-order valence-corrected chi connectivity index (χ2v) is 4.99. The van der Waals surface area contributed by atoms with Crippen LogP contribution in [-0.4, -0.2) is 27.5 Å². The van der Waals surface area contributed by atoms with Gasteiger partial charge in [-0.2, -0.15) is 5.10 Å². The Morgan fingerprint density at radius 2 is 2.29 bits per heavy atom. The van der Waals surface area contributed by atoms with E-state index in [1.54, 1.807) is 0 Å². The summed E-state index contributed by atoms with van der Waals surface area (Å²) in [5, 5.41) is 11.6. The molecule has 0 aliphatic heterocycles. The number of rotatable bonds is 4. The number of nitrogens with one attached hydrogen (secondary N) is 2. The quantitative estimate of drug-likeness (QED) is 0.794. The van der Waals surface area contributed by atoms with E-state index in [1.165, 1.54) is 31.4 Å². The van der Waals surface area contributed by atoms with Gasteiger partial charge in [-0.05, 0) is 31.1 Å². The Balaban J connectivity index is 1.64. The molecule has 0 radical (unpaired) electrons. The standard InChI is InChI=1S/C12H20N4S/c1-16-11(7-9-14-16)6-8-13-12(17)15-10-4-2-3-5-10/h7,9-10H,2-6,8H2,1H3,(H2,13,15,17). The first-order valence-electron chi connectivity index (χ1n) is 6.27. The van der Waals surface area contributed by atoms with Crippen LogP contribution in [0.25, 0.3) is 0 Å². The van der Waals surface area contributed by atoms with Crippen molar-refractivity contribution >= 4 is 17.3 Å². The van der Waals surface area contributed by atoms with Crippen LogP contribution in [-0.2, 0) is 13.5 Å². The van der Waals surface area contributed by atoms with E-state index in [4.69, 9.17) is 12.2 Å². The van der Waals surface area contributed by atoms with E-state index < -0.39 is 0 Å². The Kier molecular flexibility index (Phi) is 4.36. The van der Waals surface area contributed by atoms with E-state index in [-0.39, 0.29) is 0 Å². The van der Waals surface area contributed by atoms with E-state index in [2.05, 4.69) is 15.7 Å². The molecule has 1 aliphatic carbocycles. The third-order valence-corrected chi connectivity index (χ3v) is 3.54. The number of thiocarbonyl (C=S) groups is 1.